The number of benzene rings is 2. The minimum absolute atomic E-state index is 0.105. The fourth-order valence-corrected chi connectivity index (χ4v) is 2.57. The summed E-state index contributed by atoms with van der Waals surface area (Å²) in [5.41, 5.74) is 2.57. The first-order valence-electron chi connectivity index (χ1n) is 8.01. The summed E-state index contributed by atoms with van der Waals surface area (Å²) in [4.78, 5) is 15.9. The Hall–Kier alpha value is -2.66. The number of ketones is 1. The lowest BCUT2D eigenvalue weighted by Gasteiger charge is -2.13. The fourth-order valence-electron chi connectivity index (χ4n) is 2.57. The van der Waals surface area contributed by atoms with E-state index in [9.17, 15) is 9.90 Å². The Bertz CT molecular complexity index is 824. The van der Waals surface area contributed by atoms with Crippen LogP contribution < -0.4 is 4.74 Å². The zero-order valence-electron chi connectivity index (χ0n) is 13.6. The number of aliphatic hydroxyl groups excluding tert-OH is 1. The van der Waals surface area contributed by atoms with E-state index in [2.05, 4.69) is 4.98 Å². The number of hydrogen-bond acceptors (Lipinski definition) is 4. The van der Waals surface area contributed by atoms with Crippen molar-refractivity contribution in [1.29, 1.82) is 0 Å². The number of aliphatic hydroxyl groups is 1. The predicted molar refractivity (Wildman–Crippen MR) is 92.3 cm³/mol. The zero-order valence-corrected chi connectivity index (χ0v) is 13.6. The standard InChI is InChI=1S/C19H20N2O3/c1-2-19(23)14-7-9-16(10-8-14)24-12-15(22)11-21-13-20-17-5-3-4-6-18(17)21/h3-10,13,15,22H,2,11-12H2,1H3/t15-/m1/s1. The number of ether oxygens (including phenoxy) is 1. The fraction of sp³-hybridized carbons (Fsp3) is 0.263. The predicted octanol–water partition coefficient (Wildman–Crippen LogP) is 3.07. The molecular formula is C19H20N2O3. The van der Waals surface area contributed by atoms with Crippen molar-refractivity contribution in [2.75, 3.05) is 6.61 Å². The molecule has 1 aromatic heterocycles. The highest BCUT2D eigenvalue weighted by Crippen LogP contribution is 2.15. The van der Waals surface area contributed by atoms with Crippen molar-refractivity contribution in [2.24, 2.45) is 0 Å². The van der Waals surface area contributed by atoms with Crippen LogP contribution in [0.1, 0.15) is 23.7 Å². The van der Waals surface area contributed by atoms with Gasteiger partial charge in [-0.2, -0.15) is 0 Å². The Morgan fingerprint density at radius 3 is 2.71 bits per heavy atom. The van der Waals surface area contributed by atoms with Gasteiger partial charge in [0.15, 0.2) is 5.78 Å². The summed E-state index contributed by atoms with van der Waals surface area (Å²) >= 11 is 0. The number of imidazole rings is 1. The van der Waals surface area contributed by atoms with Crippen LogP contribution in [0.3, 0.4) is 0 Å². The van der Waals surface area contributed by atoms with Gasteiger partial charge in [0.2, 0.25) is 0 Å². The van der Waals surface area contributed by atoms with E-state index in [0.29, 0.717) is 24.3 Å². The average molecular weight is 324 g/mol. The monoisotopic (exact) mass is 324 g/mol. The van der Waals surface area contributed by atoms with Gasteiger partial charge in [0.25, 0.3) is 0 Å². The van der Waals surface area contributed by atoms with Crippen LogP contribution in [0.5, 0.6) is 5.75 Å². The first-order valence-corrected chi connectivity index (χ1v) is 8.01. The molecule has 1 atom stereocenters. The number of carbonyl (C=O) groups is 1. The maximum Gasteiger partial charge on any atom is 0.162 e. The van der Waals surface area contributed by atoms with Gasteiger partial charge in [0.1, 0.15) is 18.5 Å². The van der Waals surface area contributed by atoms with E-state index >= 15 is 0 Å². The molecule has 5 heteroatoms. The van der Waals surface area contributed by atoms with E-state index in [4.69, 9.17) is 4.74 Å². The number of Topliss-reactive ketones (excluding diaryl/α,β-unsaturated/α-hetero) is 1. The van der Waals surface area contributed by atoms with Crippen molar-refractivity contribution < 1.29 is 14.6 Å². The Morgan fingerprint density at radius 1 is 1.21 bits per heavy atom. The van der Waals surface area contributed by atoms with Crippen LogP contribution in [0.25, 0.3) is 11.0 Å². The summed E-state index contributed by atoms with van der Waals surface area (Å²) in [5.74, 6) is 0.741. The number of aromatic nitrogens is 2. The molecule has 1 N–H and O–H groups in total. The van der Waals surface area contributed by atoms with Crippen molar-refractivity contribution in [3.05, 3.63) is 60.4 Å². The molecule has 0 aliphatic rings. The second-order valence-electron chi connectivity index (χ2n) is 5.65. The second kappa shape index (κ2) is 7.27. The Balaban J connectivity index is 1.57. The number of hydrogen-bond donors (Lipinski definition) is 1. The molecule has 3 rings (SSSR count). The largest absolute Gasteiger partial charge is 0.491 e. The van der Waals surface area contributed by atoms with E-state index in [1.165, 1.54) is 0 Å². The number of rotatable bonds is 7. The highest BCUT2D eigenvalue weighted by molar-refractivity contribution is 5.95. The molecule has 0 aliphatic heterocycles. The van der Waals surface area contributed by atoms with Crippen LogP contribution in [0.2, 0.25) is 0 Å². The third-order valence-electron chi connectivity index (χ3n) is 3.87. The third kappa shape index (κ3) is 3.63. The van der Waals surface area contributed by atoms with Crippen molar-refractivity contribution in [2.45, 2.75) is 26.0 Å². The minimum atomic E-state index is -0.653. The minimum Gasteiger partial charge on any atom is -0.491 e. The molecule has 1 heterocycles. The summed E-state index contributed by atoms with van der Waals surface area (Å²) < 4.78 is 7.51. The van der Waals surface area contributed by atoms with Gasteiger partial charge in [-0.25, -0.2) is 4.98 Å². The molecule has 124 valence electrons. The van der Waals surface area contributed by atoms with Crippen LogP contribution in [-0.2, 0) is 6.54 Å². The molecule has 0 unspecified atom stereocenters. The number of para-hydroxylation sites is 2. The number of carbonyl (C=O) groups excluding carboxylic acids is 1. The van der Waals surface area contributed by atoms with Gasteiger partial charge in [-0.15, -0.1) is 0 Å². The maximum atomic E-state index is 11.6. The zero-order chi connectivity index (χ0) is 16.9. The van der Waals surface area contributed by atoms with E-state index in [1.807, 2.05) is 35.8 Å². The van der Waals surface area contributed by atoms with Gasteiger partial charge in [0, 0.05) is 12.0 Å². The van der Waals surface area contributed by atoms with Crippen LogP contribution >= 0.6 is 0 Å². The molecular weight excluding hydrogens is 304 g/mol. The highest BCUT2D eigenvalue weighted by Gasteiger charge is 2.10. The smallest absolute Gasteiger partial charge is 0.162 e. The number of nitrogens with zero attached hydrogens (tertiary/aromatic N) is 2. The van der Waals surface area contributed by atoms with Gasteiger partial charge in [-0.3, -0.25) is 4.79 Å². The lowest BCUT2D eigenvalue weighted by molar-refractivity contribution is 0.0932. The van der Waals surface area contributed by atoms with Crippen molar-refractivity contribution in [1.82, 2.24) is 9.55 Å². The molecule has 0 bridgehead atoms. The third-order valence-corrected chi connectivity index (χ3v) is 3.87. The molecule has 0 spiro atoms. The summed E-state index contributed by atoms with van der Waals surface area (Å²) in [7, 11) is 0. The lowest BCUT2D eigenvalue weighted by atomic mass is 10.1. The van der Waals surface area contributed by atoms with E-state index in [1.54, 1.807) is 30.6 Å². The molecule has 2 aromatic carbocycles. The van der Waals surface area contributed by atoms with E-state index in [0.717, 1.165) is 11.0 Å². The van der Waals surface area contributed by atoms with Crippen molar-refractivity contribution in [3.8, 4) is 5.75 Å². The summed E-state index contributed by atoms with van der Waals surface area (Å²) in [6, 6.07) is 14.8. The van der Waals surface area contributed by atoms with Crippen molar-refractivity contribution in [3.63, 3.8) is 0 Å². The summed E-state index contributed by atoms with van der Waals surface area (Å²) in [6.45, 7) is 2.42. The molecule has 0 amide bonds. The van der Waals surface area contributed by atoms with Crippen molar-refractivity contribution >= 4 is 16.8 Å². The molecule has 24 heavy (non-hydrogen) atoms. The van der Waals surface area contributed by atoms with Gasteiger partial charge < -0.3 is 14.4 Å². The first-order chi connectivity index (χ1) is 11.7. The van der Waals surface area contributed by atoms with Crippen LogP contribution in [0, 0.1) is 0 Å². The first kappa shape index (κ1) is 16.2. The van der Waals surface area contributed by atoms with Gasteiger partial charge in [-0.05, 0) is 36.4 Å². The Morgan fingerprint density at radius 2 is 1.96 bits per heavy atom. The van der Waals surface area contributed by atoms with Crippen LogP contribution in [0.15, 0.2) is 54.9 Å². The normalized spacial score (nSPS) is 12.2. The van der Waals surface area contributed by atoms with Gasteiger partial charge in [-0.1, -0.05) is 19.1 Å². The molecule has 0 saturated heterocycles. The topological polar surface area (TPSA) is 64.3 Å². The summed E-state index contributed by atoms with van der Waals surface area (Å²) in [6.07, 6.45) is 1.55. The number of fused-ring (bicyclic) bond motifs is 1. The molecule has 0 saturated carbocycles. The van der Waals surface area contributed by atoms with Gasteiger partial charge >= 0.3 is 0 Å². The van der Waals surface area contributed by atoms with Gasteiger partial charge in [0.05, 0.1) is 23.9 Å². The quantitative estimate of drug-likeness (QED) is 0.678. The summed E-state index contributed by atoms with van der Waals surface area (Å²) in [5, 5.41) is 10.2. The molecule has 0 fully saturated rings. The molecule has 0 aliphatic carbocycles. The van der Waals surface area contributed by atoms with E-state index < -0.39 is 6.10 Å². The average Bonchev–Trinajstić information content (AvgIpc) is 3.03. The lowest BCUT2D eigenvalue weighted by Crippen LogP contribution is -2.23. The highest BCUT2D eigenvalue weighted by atomic mass is 16.5. The van der Waals surface area contributed by atoms with E-state index in [-0.39, 0.29) is 12.4 Å². The molecule has 5 nitrogen and oxygen atoms in total. The maximum absolute atomic E-state index is 11.6. The SMILES string of the molecule is CCC(=O)c1ccc(OC[C@H](O)Cn2cnc3ccccc32)cc1. The Labute approximate surface area is 140 Å². The Kier molecular flexibility index (Phi) is 4.91. The second-order valence-corrected chi connectivity index (χ2v) is 5.65. The van der Waals surface area contributed by atoms with Crippen LogP contribution in [0.4, 0.5) is 0 Å². The molecule has 3 aromatic rings. The molecule has 0 radical (unpaired) electrons. The van der Waals surface area contributed by atoms with Crippen LogP contribution in [-0.4, -0.2) is 33.2 Å².